The molecule has 0 spiro atoms. The van der Waals surface area contributed by atoms with Gasteiger partial charge in [0.25, 0.3) is 5.91 Å². The van der Waals surface area contributed by atoms with Crippen LogP contribution in [-0.4, -0.2) is 15.7 Å². The van der Waals surface area contributed by atoms with Crippen LogP contribution in [0.2, 0.25) is 5.02 Å². The summed E-state index contributed by atoms with van der Waals surface area (Å²) in [6.45, 7) is -0.0208. The normalized spacial score (nSPS) is 30.8. The van der Waals surface area contributed by atoms with Crippen LogP contribution < -0.4 is 16.1 Å². The number of aromatic nitrogens is 1. The van der Waals surface area contributed by atoms with Crippen LogP contribution in [0.3, 0.4) is 0 Å². The van der Waals surface area contributed by atoms with Gasteiger partial charge in [0.1, 0.15) is 6.54 Å². The van der Waals surface area contributed by atoms with Crippen molar-refractivity contribution in [1.29, 1.82) is 0 Å². The molecule has 0 radical (unpaired) electrons. The van der Waals surface area contributed by atoms with Crippen LogP contribution >= 0.6 is 34.7 Å². The molecule has 0 unspecified atom stereocenters. The van der Waals surface area contributed by atoms with Crippen LogP contribution in [-0.2, 0) is 11.3 Å². The Morgan fingerprint density at radius 2 is 2.00 bits per heavy atom. The van der Waals surface area contributed by atoms with Crippen LogP contribution in [0, 0.1) is 17.8 Å². The summed E-state index contributed by atoms with van der Waals surface area (Å²) in [7, 11) is 0. The summed E-state index contributed by atoms with van der Waals surface area (Å²) in [5.74, 6) is 7.09. The highest BCUT2D eigenvalue weighted by Gasteiger charge is 2.55. The molecule has 5 rings (SSSR count). The molecule has 2 saturated carbocycles. The number of hydrogen-bond acceptors (Lipinski definition) is 5. The molecule has 27 heavy (non-hydrogen) atoms. The van der Waals surface area contributed by atoms with Crippen molar-refractivity contribution in [2.45, 2.75) is 42.0 Å². The van der Waals surface area contributed by atoms with Crippen molar-refractivity contribution in [3.63, 3.8) is 0 Å². The Balaban J connectivity index is 1.65. The Morgan fingerprint density at radius 3 is 2.74 bits per heavy atom. The third-order valence-corrected chi connectivity index (χ3v) is 9.46. The number of nitrogens with one attached hydrogen (secondary N) is 1. The fourth-order valence-corrected chi connectivity index (χ4v) is 8.60. The second-order valence-corrected chi connectivity index (χ2v) is 10.3. The second kappa shape index (κ2) is 6.65. The molecular weight excluding hydrogens is 402 g/mol. The molecule has 2 aliphatic carbocycles. The van der Waals surface area contributed by atoms with Gasteiger partial charge in [-0.25, -0.2) is 5.84 Å². The van der Waals surface area contributed by atoms with Gasteiger partial charge in [0.2, 0.25) is 0 Å². The van der Waals surface area contributed by atoms with E-state index in [4.69, 9.17) is 17.4 Å². The van der Waals surface area contributed by atoms with Crippen molar-refractivity contribution in [3.05, 3.63) is 49.4 Å². The van der Waals surface area contributed by atoms with Gasteiger partial charge >= 0.3 is 4.87 Å². The summed E-state index contributed by atoms with van der Waals surface area (Å²) in [6, 6.07) is 8.05. The lowest BCUT2D eigenvalue weighted by Crippen LogP contribution is -2.37. The molecule has 5 nitrogen and oxygen atoms in total. The Labute approximate surface area is 170 Å². The number of hydrogen-bond donors (Lipinski definition) is 2. The molecule has 1 amide bonds. The molecule has 0 saturated heterocycles. The lowest BCUT2D eigenvalue weighted by molar-refractivity contribution is -0.121. The van der Waals surface area contributed by atoms with E-state index in [-0.39, 0.29) is 23.2 Å². The molecular formula is C19H20ClN3O2S2. The zero-order valence-electron chi connectivity index (χ0n) is 14.6. The van der Waals surface area contributed by atoms with E-state index in [0.29, 0.717) is 17.1 Å². The van der Waals surface area contributed by atoms with Gasteiger partial charge in [-0.1, -0.05) is 35.1 Å². The average molecular weight is 422 g/mol. The van der Waals surface area contributed by atoms with Gasteiger partial charge in [0, 0.05) is 21.1 Å². The molecule has 8 heteroatoms. The SMILES string of the molecule is NNC(=O)Cn1c2c(sc1=O)[C@H](c1ccc(Cl)cc1)[C@@H]1[C@H]3CC[C@@H](C3)[C@H]1S2. The van der Waals surface area contributed by atoms with Crippen LogP contribution in [0.15, 0.2) is 34.1 Å². The zero-order chi connectivity index (χ0) is 18.7. The Kier molecular flexibility index (Phi) is 4.39. The summed E-state index contributed by atoms with van der Waals surface area (Å²) in [6.07, 6.45) is 3.85. The minimum absolute atomic E-state index is 0.0208. The first-order chi connectivity index (χ1) is 13.1. The number of thioether (sulfide) groups is 1. The van der Waals surface area contributed by atoms with Gasteiger partial charge in [-0.2, -0.15) is 0 Å². The number of fused-ring (bicyclic) bond motifs is 6. The van der Waals surface area contributed by atoms with Crippen molar-refractivity contribution in [3.8, 4) is 0 Å². The second-order valence-electron chi connectivity index (χ2n) is 7.71. The van der Waals surface area contributed by atoms with E-state index in [2.05, 4.69) is 17.6 Å². The summed E-state index contributed by atoms with van der Waals surface area (Å²) in [4.78, 5) is 25.6. The van der Waals surface area contributed by atoms with Gasteiger partial charge in [-0.3, -0.25) is 19.6 Å². The molecule has 3 aliphatic rings. The summed E-state index contributed by atoms with van der Waals surface area (Å²) >= 11 is 9.22. The molecule has 2 bridgehead atoms. The molecule has 2 aromatic rings. The minimum atomic E-state index is -0.351. The van der Waals surface area contributed by atoms with Crippen molar-refractivity contribution in [1.82, 2.24) is 9.99 Å². The summed E-state index contributed by atoms with van der Waals surface area (Å²) < 4.78 is 1.61. The van der Waals surface area contributed by atoms with E-state index in [1.807, 2.05) is 23.9 Å². The summed E-state index contributed by atoms with van der Waals surface area (Å²) in [5.41, 5.74) is 3.36. The fourth-order valence-electron chi connectivity index (χ4n) is 5.32. The van der Waals surface area contributed by atoms with E-state index in [1.165, 1.54) is 36.2 Å². The van der Waals surface area contributed by atoms with Crippen LogP contribution in [0.25, 0.3) is 0 Å². The topological polar surface area (TPSA) is 77.1 Å². The van der Waals surface area contributed by atoms with Gasteiger partial charge in [0.05, 0.1) is 5.03 Å². The number of halogens is 1. The first kappa shape index (κ1) is 17.8. The first-order valence-electron chi connectivity index (χ1n) is 9.22. The number of nitrogens with zero attached hydrogens (tertiary/aromatic N) is 1. The van der Waals surface area contributed by atoms with Gasteiger partial charge in [-0.15, -0.1) is 11.8 Å². The van der Waals surface area contributed by atoms with E-state index < -0.39 is 0 Å². The number of thiazole rings is 1. The molecule has 1 aromatic carbocycles. The van der Waals surface area contributed by atoms with E-state index in [0.717, 1.165) is 20.8 Å². The highest BCUT2D eigenvalue weighted by Crippen LogP contribution is 2.63. The maximum Gasteiger partial charge on any atom is 0.308 e. The van der Waals surface area contributed by atoms with Crippen molar-refractivity contribution in [2.75, 3.05) is 0 Å². The smallest absolute Gasteiger partial charge is 0.293 e. The molecule has 1 aromatic heterocycles. The number of carbonyl (C=O) groups is 1. The predicted octanol–water partition coefficient (Wildman–Crippen LogP) is 3.21. The van der Waals surface area contributed by atoms with E-state index in [9.17, 15) is 9.59 Å². The number of carbonyl (C=O) groups excluding carboxylic acids is 1. The lowest BCUT2D eigenvalue weighted by Gasteiger charge is -2.40. The highest BCUT2D eigenvalue weighted by molar-refractivity contribution is 8.00. The van der Waals surface area contributed by atoms with Crippen molar-refractivity contribution >= 4 is 40.6 Å². The van der Waals surface area contributed by atoms with E-state index in [1.54, 1.807) is 4.57 Å². The number of benzene rings is 1. The fraction of sp³-hybridized carbons (Fsp3) is 0.474. The highest BCUT2D eigenvalue weighted by atomic mass is 35.5. The van der Waals surface area contributed by atoms with E-state index >= 15 is 0 Å². The van der Waals surface area contributed by atoms with Gasteiger partial charge in [0.15, 0.2) is 0 Å². The number of nitrogens with two attached hydrogens (primary N) is 1. The third-order valence-electron chi connectivity index (χ3n) is 6.38. The molecule has 2 fully saturated rings. The van der Waals surface area contributed by atoms with Gasteiger partial charge in [-0.05, 0) is 54.7 Å². The quantitative estimate of drug-likeness (QED) is 0.453. The summed E-state index contributed by atoms with van der Waals surface area (Å²) in [5, 5.41) is 2.19. The third kappa shape index (κ3) is 2.78. The Bertz CT molecular complexity index is 955. The monoisotopic (exact) mass is 421 g/mol. The molecule has 3 N–H and O–H groups in total. The Morgan fingerprint density at radius 1 is 1.26 bits per heavy atom. The molecule has 2 heterocycles. The minimum Gasteiger partial charge on any atom is -0.293 e. The molecule has 5 atom stereocenters. The average Bonchev–Trinajstić information content (AvgIpc) is 3.35. The maximum absolute atomic E-state index is 12.7. The first-order valence-corrected chi connectivity index (χ1v) is 11.3. The Hall–Kier alpha value is -1.28. The van der Waals surface area contributed by atoms with Crippen molar-refractivity contribution in [2.24, 2.45) is 23.6 Å². The predicted molar refractivity (Wildman–Crippen MR) is 108 cm³/mol. The standard InChI is InChI=1S/C19H20ClN3O2S2/c20-12-5-3-9(4-6-12)14-15-10-1-2-11(7-10)16(15)26-18-17(14)27-19(25)23(18)8-13(24)22-21/h3-6,10-11,14-16H,1-2,7-8,21H2,(H,22,24)/t10-,11-,14+,15-,16+/m0/s1. The van der Waals surface area contributed by atoms with Crippen LogP contribution in [0.5, 0.6) is 0 Å². The lowest BCUT2D eigenvalue weighted by atomic mass is 9.75. The van der Waals surface area contributed by atoms with Gasteiger partial charge < -0.3 is 0 Å². The largest absolute Gasteiger partial charge is 0.308 e. The van der Waals surface area contributed by atoms with Crippen molar-refractivity contribution < 1.29 is 4.79 Å². The molecule has 1 aliphatic heterocycles. The van der Waals surface area contributed by atoms with Crippen LogP contribution in [0.1, 0.15) is 35.6 Å². The number of hydrazine groups is 1. The van der Waals surface area contributed by atoms with Crippen LogP contribution in [0.4, 0.5) is 0 Å². The maximum atomic E-state index is 12.7. The number of rotatable bonds is 3. The molecule has 142 valence electrons. The number of amides is 1. The zero-order valence-corrected chi connectivity index (χ0v) is 16.9.